The number of benzene rings is 2. The van der Waals surface area contributed by atoms with E-state index in [1.165, 1.54) is 6.07 Å². The van der Waals surface area contributed by atoms with Gasteiger partial charge in [-0.05, 0) is 43.2 Å². The lowest BCUT2D eigenvalue weighted by molar-refractivity contribution is 0.0310. The Bertz CT molecular complexity index is 707. The van der Waals surface area contributed by atoms with Crippen molar-refractivity contribution < 1.29 is 19.0 Å². The summed E-state index contributed by atoms with van der Waals surface area (Å²) < 4.78 is 25.4. The molecule has 27 heavy (non-hydrogen) atoms. The third kappa shape index (κ3) is 6.47. The monoisotopic (exact) mass is 393 g/mol. The Balaban J connectivity index is 1.57. The van der Waals surface area contributed by atoms with Crippen LogP contribution < -0.4 is 4.74 Å². The van der Waals surface area contributed by atoms with Crippen LogP contribution in [0.25, 0.3) is 0 Å². The Labute approximate surface area is 164 Å². The molecule has 1 fully saturated rings. The SMILES string of the molecule is O[C@@H](COc1ccc(Cl)cc1)CN(Cc1ccccc1F)C[C@@H]1CCCO1. The molecule has 0 aliphatic carbocycles. The van der Waals surface area contributed by atoms with Crippen LogP contribution in [-0.2, 0) is 11.3 Å². The van der Waals surface area contributed by atoms with Gasteiger partial charge in [-0.2, -0.15) is 0 Å². The van der Waals surface area contributed by atoms with Crippen molar-refractivity contribution >= 4 is 11.6 Å². The number of aliphatic hydroxyl groups is 1. The average Bonchev–Trinajstić information content (AvgIpc) is 3.16. The predicted octanol–water partition coefficient (Wildman–Crippen LogP) is 3.90. The van der Waals surface area contributed by atoms with Crippen molar-refractivity contribution in [2.24, 2.45) is 0 Å². The van der Waals surface area contributed by atoms with E-state index in [0.29, 0.717) is 36.0 Å². The molecule has 0 bridgehead atoms. The molecule has 0 spiro atoms. The van der Waals surface area contributed by atoms with Crippen LogP contribution in [0.15, 0.2) is 48.5 Å². The van der Waals surface area contributed by atoms with Crippen molar-refractivity contribution in [2.75, 3.05) is 26.3 Å². The summed E-state index contributed by atoms with van der Waals surface area (Å²) in [4.78, 5) is 2.03. The fraction of sp³-hybridized carbons (Fsp3) is 0.429. The Morgan fingerprint density at radius 1 is 1.22 bits per heavy atom. The first-order valence-corrected chi connectivity index (χ1v) is 9.62. The number of rotatable bonds is 9. The van der Waals surface area contributed by atoms with Gasteiger partial charge in [0.25, 0.3) is 0 Å². The molecule has 1 aliphatic rings. The number of nitrogens with zero attached hydrogens (tertiary/aromatic N) is 1. The highest BCUT2D eigenvalue weighted by molar-refractivity contribution is 6.30. The van der Waals surface area contributed by atoms with Crippen molar-refractivity contribution in [3.05, 3.63) is 64.9 Å². The van der Waals surface area contributed by atoms with Crippen LogP contribution >= 0.6 is 11.6 Å². The number of hydrogen-bond donors (Lipinski definition) is 1. The molecular formula is C21H25ClFNO3. The van der Waals surface area contributed by atoms with E-state index in [-0.39, 0.29) is 18.5 Å². The largest absolute Gasteiger partial charge is 0.491 e. The van der Waals surface area contributed by atoms with Gasteiger partial charge in [0.2, 0.25) is 0 Å². The molecule has 0 aromatic heterocycles. The Kier molecular flexibility index (Phi) is 7.47. The summed E-state index contributed by atoms with van der Waals surface area (Å²) in [5, 5.41) is 11.1. The number of aliphatic hydroxyl groups excluding tert-OH is 1. The summed E-state index contributed by atoms with van der Waals surface area (Å²) in [5.41, 5.74) is 0.612. The smallest absolute Gasteiger partial charge is 0.127 e. The first-order chi connectivity index (χ1) is 13.1. The standard InChI is InChI=1S/C21H25ClFNO3/c22-17-7-9-19(10-8-17)27-15-18(25)13-24(14-20-5-3-11-26-20)12-16-4-1-2-6-21(16)23/h1-2,4,6-10,18,20,25H,3,5,11-15H2/t18-,20+/m1/s1. The second-order valence-electron chi connectivity index (χ2n) is 6.84. The highest BCUT2D eigenvalue weighted by Gasteiger charge is 2.22. The first-order valence-electron chi connectivity index (χ1n) is 9.24. The van der Waals surface area contributed by atoms with Gasteiger partial charge >= 0.3 is 0 Å². The van der Waals surface area contributed by atoms with Gasteiger partial charge in [0.05, 0.1) is 6.10 Å². The highest BCUT2D eigenvalue weighted by Crippen LogP contribution is 2.18. The summed E-state index contributed by atoms with van der Waals surface area (Å²) in [7, 11) is 0. The molecule has 2 aromatic rings. The molecule has 146 valence electrons. The quantitative estimate of drug-likeness (QED) is 0.701. The Morgan fingerprint density at radius 2 is 2.00 bits per heavy atom. The Morgan fingerprint density at radius 3 is 2.70 bits per heavy atom. The maximum Gasteiger partial charge on any atom is 0.127 e. The summed E-state index contributed by atoms with van der Waals surface area (Å²) in [6, 6.07) is 13.7. The molecule has 0 unspecified atom stereocenters. The van der Waals surface area contributed by atoms with E-state index < -0.39 is 6.10 Å². The zero-order chi connectivity index (χ0) is 19.1. The molecule has 0 radical (unpaired) electrons. The summed E-state index contributed by atoms with van der Waals surface area (Å²) in [6.07, 6.45) is 1.46. The topological polar surface area (TPSA) is 41.9 Å². The van der Waals surface area contributed by atoms with Gasteiger partial charge in [-0.25, -0.2) is 4.39 Å². The van der Waals surface area contributed by atoms with Crippen LogP contribution in [0.4, 0.5) is 4.39 Å². The molecular weight excluding hydrogens is 369 g/mol. The van der Waals surface area contributed by atoms with Crippen molar-refractivity contribution in [1.29, 1.82) is 0 Å². The molecule has 4 nitrogen and oxygen atoms in total. The van der Waals surface area contributed by atoms with Crippen molar-refractivity contribution in [3.8, 4) is 5.75 Å². The minimum absolute atomic E-state index is 0.126. The first kappa shape index (κ1) is 20.1. The van der Waals surface area contributed by atoms with Gasteiger partial charge in [-0.3, -0.25) is 4.90 Å². The lowest BCUT2D eigenvalue weighted by atomic mass is 10.1. The third-order valence-electron chi connectivity index (χ3n) is 4.56. The molecule has 0 amide bonds. The molecule has 2 aromatic carbocycles. The van der Waals surface area contributed by atoms with Crippen molar-refractivity contribution in [2.45, 2.75) is 31.6 Å². The van der Waals surface area contributed by atoms with Gasteiger partial charge in [0.15, 0.2) is 0 Å². The highest BCUT2D eigenvalue weighted by atomic mass is 35.5. The van der Waals surface area contributed by atoms with Gasteiger partial charge in [0, 0.05) is 36.8 Å². The normalized spacial score (nSPS) is 18.0. The van der Waals surface area contributed by atoms with Gasteiger partial charge < -0.3 is 14.6 Å². The number of hydrogen-bond acceptors (Lipinski definition) is 4. The maximum absolute atomic E-state index is 14.0. The minimum atomic E-state index is -0.700. The minimum Gasteiger partial charge on any atom is -0.491 e. The van der Waals surface area contributed by atoms with Gasteiger partial charge in [-0.15, -0.1) is 0 Å². The van der Waals surface area contributed by atoms with Crippen LogP contribution in [-0.4, -0.2) is 48.5 Å². The molecule has 1 aliphatic heterocycles. The molecule has 6 heteroatoms. The van der Waals surface area contributed by atoms with Crippen LogP contribution in [0.3, 0.4) is 0 Å². The van der Waals surface area contributed by atoms with Crippen LogP contribution in [0.5, 0.6) is 5.75 Å². The van der Waals surface area contributed by atoms with Crippen molar-refractivity contribution in [3.63, 3.8) is 0 Å². The molecule has 1 N–H and O–H groups in total. The van der Waals surface area contributed by atoms with Gasteiger partial charge in [0.1, 0.15) is 24.3 Å². The van der Waals surface area contributed by atoms with Gasteiger partial charge in [-0.1, -0.05) is 29.8 Å². The molecule has 0 saturated carbocycles. The van der Waals surface area contributed by atoms with E-state index in [4.69, 9.17) is 21.1 Å². The molecule has 1 saturated heterocycles. The van der Waals surface area contributed by atoms with E-state index in [1.54, 1.807) is 36.4 Å². The zero-order valence-electron chi connectivity index (χ0n) is 15.2. The second kappa shape index (κ2) is 10.0. The third-order valence-corrected chi connectivity index (χ3v) is 4.81. The van der Waals surface area contributed by atoms with Crippen LogP contribution in [0.2, 0.25) is 5.02 Å². The predicted molar refractivity (Wildman–Crippen MR) is 104 cm³/mol. The van der Waals surface area contributed by atoms with Crippen LogP contribution in [0.1, 0.15) is 18.4 Å². The lowest BCUT2D eigenvalue weighted by Crippen LogP contribution is -2.39. The molecule has 3 rings (SSSR count). The second-order valence-corrected chi connectivity index (χ2v) is 7.28. The van der Waals surface area contributed by atoms with E-state index >= 15 is 0 Å². The number of halogens is 2. The molecule has 2 atom stereocenters. The van der Waals surface area contributed by atoms with E-state index in [2.05, 4.69) is 0 Å². The average molecular weight is 394 g/mol. The zero-order valence-corrected chi connectivity index (χ0v) is 15.9. The Hall–Kier alpha value is -1.66. The van der Waals surface area contributed by atoms with E-state index in [9.17, 15) is 9.50 Å². The fourth-order valence-electron chi connectivity index (χ4n) is 3.22. The van der Waals surface area contributed by atoms with E-state index in [0.717, 1.165) is 19.4 Å². The molecule has 1 heterocycles. The van der Waals surface area contributed by atoms with E-state index in [1.807, 2.05) is 11.0 Å². The van der Waals surface area contributed by atoms with Crippen molar-refractivity contribution in [1.82, 2.24) is 4.90 Å². The fourth-order valence-corrected chi connectivity index (χ4v) is 3.35. The summed E-state index contributed by atoms with van der Waals surface area (Å²) in [6.45, 7) is 2.38. The van der Waals surface area contributed by atoms with Crippen LogP contribution in [0, 0.1) is 5.82 Å². The number of ether oxygens (including phenoxy) is 2. The summed E-state index contributed by atoms with van der Waals surface area (Å²) >= 11 is 5.86. The lowest BCUT2D eigenvalue weighted by Gasteiger charge is -2.27. The maximum atomic E-state index is 14.0. The summed E-state index contributed by atoms with van der Waals surface area (Å²) in [5.74, 6) is 0.417.